The standard InChI is InChI=1S/C14H25N5O/c1-14(2,3)18-13-16-5-4-12(17-13)15-6-7-19-8-10-20-11-9-19/h4-5H,6-11H2,1-3H3,(H2,15,16,17,18). The molecule has 1 aliphatic rings. The van der Waals surface area contributed by atoms with E-state index in [0.29, 0.717) is 5.95 Å². The fourth-order valence-electron chi connectivity index (χ4n) is 2.02. The number of hydrogen-bond acceptors (Lipinski definition) is 6. The molecule has 0 aromatic carbocycles. The first-order chi connectivity index (χ1) is 9.53. The Morgan fingerprint density at radius 3 is 2.75 bits per heavy atom. The monoisotopic (exact) mass is 279 g/mol. The Morgan fingerprint density at radius 1 is 1.30 bits per heavy atom. The summed E-state index contributed by atoms with van der Waals surface area (Å²) in [5, 5.41) is 6.62. The molecule has 20 heavy (non-hydrogen) atoms. The van der Waals surface area contributed by atoms with Crippen molar-refractivity contribution in [3.63, 3.8) is 0 Å². The number of nitrogens with one attached hydrogen (secondary N) is 2. The number of nitrogens with zero attached hydrogens (tertiary/aromatic N) is 3. The van der Waals surface area contributed by atoms with Crippen LogP contribution in [-0.4, -0.2) is 59.8 Å². The van der Waals surface area contributed by atoms with Crippen LogP contribution in [0.2, 0.25) is 0 Å². The molecular weight excluding hydrogens is 254 g/mol. The van der Waals surface area contributed by atoms with Crippen LogP contribution in [0.25, 0.3) is 0 Å². The normalized spacial score (nSPS) is 16.9. The topological polar surface area (TPSA) is 62.3 Å². The van der Waals surface area contributed by atoms with Crippen LogP contribution in [0.15, 0.2) is 12.3 Å². The molecule has 0 atom stereocenters. The highest BCUT2D eigenvalue weighted by Crippen LogP contribution is 2.11. The van der Waals surface area contributed by atoms with Crippen LogP contribution in [-0.2, 0) is 4.74 Å². The van der Waals surface area contributed by atoms with Crippen molar-refractivity contribution in [2.75, 3.05) is 50.0 Å². The average Bonchev–Trinajstić information content (AvgIpc) is 2.38. The van der Waals surface area contributed by atoms with Crippen LogP contribution in [0.5, 0.6) is 0 Å². The molecule has 2 rings (SSSR count). The molecule has 1 fully saturated rings. The maximum absolute atomic E-state index is 5.34. The Balaban J connectivity index is 1.79. The molecule has 0 spiro atoms. The highest BCUT2D eigenvalue weighted by Gasteiger charge is 2.12. The van der Waals surface area contributed by atoms with Gasteiger partial charge in [-0.2, -0.15) is 4.98 Å². The predicted molar refractivity (Wildman–Crippen MR) is 81.2 cm³/mol. The molecule has 0 amide bonds. The third-order valence-corrected chi connectivity index (χ3v) is 2.98. The fraction of sp³-hybridized carbons (Fsp3) is 0.714. The Labute approximate surface area is 120 Å². The number of anilines is 2. The van der Waals surface area contributed by atoms with Gasteiger partial charge < -0.3 is 15.4 Å². The number of hydrogen-bond donors (Lipinski definition) is 2. The van der Waals surface area contributed by atoms with E-state index in [4.69, 9.17) is 4.74 Å². The third-order valence-electron chi connectivity index (χ3n) is 2.98. The van der Waals surface area contributed by atoms with Crippen molar-refractivity contribution in [2.24, 2.45) is 0 Å². The minimum Gasteiger partial charge on any atom is -0.379 e. The van der Waals surface area contributed by atoms with Gasteiger partial charge in [0, 0.05) is 37.9 Å². The first-order valence-electron chi connectivity index (χ1n) is 7.18. The summed E-state index contributed by atoms with van der Waals surface area (Å²) in [6.07, 6.45) is 1.78. The summed E-state index contributed by atoms with van der Waals surface area (Å²) in [5.74, 6) is 1.52. The first kappa shape index (κ1) is 15.0. The van der Waals surface area contributed by atoms with Crippen molar-refractivity contribution in [2.45, 2.75) is 26.3 Å². The van der Waals surface area contributed by atoms with Crippen molar-refractivity contribution < 1.29 is 4.74 Å². The molecule has 2 heterocycles. The van der Waals surface area contributed by atoms with E-state index in [-0.39, 0.29) is 5.54 Å². The molecule has 0 unspecified atom stereocenters. The van der Waals surface area contributed by atoms with Gasteiger partial charge in [-0.15, -0.1) is 0 Å². The van der Waals surface area contributed by atoms with Gasteiger partial charge in [-0.05, 0) is 26.8 Å². The molecule has 112 valence electrons. The van der Waals surface area contributed by atoms with Gasteiger partial charge in [0.2, 0.25) is 5.95 Å². The lowest BCUT2D eigenvalue weighted by Crippen LogP contribution is -2.39. The summed E-state index contributed by atoms with van der Waals surface area (Å²) in [6.45, 7) is 11.9. The van der Waals surface area contributed by atoms with Crippen LogP contribution in [0.4, 0.5) is 11.8 Å². The lowest BCUT2D eigenvalue weighted by atomic mass is 10.1. The van der Waals surface area contributed by atoms with Gasteiger partial charge in [0.1, 0.15) is 5.82 Å². The summed E-state index contributed by atoms with van der Waals surface area (Å²) in [6, 6.07) is 1.90. The van der Waals surface area contributed by atoms with Gasteiger partial charge in [-0.3, -0.25) is 4.90 Å². The zero-order valence-electron chi connectivity index (χ0n) is 12.6. The molecule has 1 saturated heterocycles. The van der Waals surface area contributed by atoms with Crippen molar-refractivity contribution in [1.29, 1.82) is 0 Å². The number of morpholine rings is 1. The number of rotatable bonds is 5. The Morgan fingerprint density at radius 2 is 2.05 bits per heavy atom. The fourth-order valence-corrected chi connectivity index (χ4v) is 2.02. The minimum atomic E-state index is -0.0353. The first-order valence-corrected chi connectivity index (χ1v) is 7.18. The lowest BCUT2D eigenvalue weighted by molar-refractivity contribution is 0.0398. The highest BCUT2D eigenvalue weighted by molar-refractivity contribution is 5.40. The zero-order valence-corrected chi connectivity index (χ0v) is 12.6. The quantitative estimate of drug-likeness (QED) is 0.850. The van der Waals surface area contributed by atoms with Crippen LogP contribution >= 0.6 is 0 Å². The van der Waals surface area contributed by atoms with Crippen molar-refractivity contribution in [3.05, 3.63) is 12.3 Å². The van der Waals surface area contributed by atoms with Crippen LogP contribution < -0.4 is 10.6 Å². The SMILES string of the molecule is CC(C)(C)Nc1nccc(NCCN2CCOCC2)n1. The number of aromatic nitrogens is 2. The molecule has 1 aromatic heterocycles. The summed E-state index contributed by atoms with van der Waals surface area (Å²) in [4.78, 5) is 11.1. The second-order valence-electron chi connectivity index (χ2n) is 6.02. The summed E-state index contributed by atoms with van der Waals surface area (Å²) >= 11 is 0. The Hall–Kier alpha value is -1.40. The van der Waals surface area contributed by atoms with Gasteiger partial charge in [0.15, 0.2) is 0 Å². The van der Waals surface area contributed by atoms with E-state index >= 15 is 0 Å². The average molecular weight is 279 g/mol. The number of ether oxygens (including phenoxy) is 1. The van der Waals surface area contributed by atoms with Gasteiger partial charge in [-0.25, -0.2) is 4.98 Å². The molecule has 6 nitrogen and oxygen atoms in total. The molecule has 6 heteroatoms. The van der Waals surface area contributed by atoms with Crippen LogP contribution in [0, 0.1) is 0 Å². The van der Waals surface area contributed by atoms with E-state index in [1.54, 1.807) is 6.20 Å². The maximum atomic E-state index is 5.34. The lowest BCUT2D eigenvalue weighted by Gasteiger charge is -2.26. The van der Waals surface area contributed by atoms with Crippen molar-refractivity contribution in [3.8, 4) is 0 Å². The summed E-state index contributed by atoms with van der Waals surface area (Å²) in [5.41, 5.74) is -0.0353. The van der Waals surface area contributed by atoms with E-state index in [9.17, 15) is 0 Å². The maximum Gasteiger partial charge on any atom is 0.224 e. The summed E-state index contributed by atoms with van der Waals surface area (Å²) < 4.78 is 5.34. The van der Waals surface area contributed by atoms with E-state index in [2.05, 4.69) is 46.3 Å². The third kappa shape index (κ3) is 5.30. The molecule has 0 aliphatic carbocycles. The van der Waals surface area contributed by atoms with Crippen LogP contribution in [0.1, 0.15) is 20.8 Å². The second-order valence-corrected chi connectivity index (χ2v) is 6.02. The molecule has 1 aliphatic heterocycles. The van der Waals surface area contributed by atoms with Gasteiger partial charge in [0.25, 0.3) is 0 Å². The summed E-state index contributed by atoms with van der Waals surface area (Å²) in [7, 11) is 0. The largest absolute Gasteiger partial charge is 0.379 e. The molecule has 0 bridgehead atoms. The molecular formula is C14H25N5O. The van der Waals surface area contributed by atoms with Gasteiger partial charge >= 0.3 is 0 Å². The smallest absolute Gasteiger partial charge is 0.224 e. The molecule has 1 aromatic rings. The Kier molecular flexibility index (Phi) is 5.14. The van der Waals surface area contributed by atoms with E-state index < -0.39 is 0 Å². The van der Waals surface area contributed by atoms with Gasteiger partial charge in [0.05, 0.1) is 13.2 Å². The van der Waals surface area contributed by atoms with Crippen LogP contribution in [0.3, 0.4) is 0 Å². The zero-order chi connectivity index (χ0) is 14.4. The van der Waals surface area contributed by atoms with Crippen molar-refractivity contribution in [1.82, 2.24) is 14.9 Å². The molecule has 2 N–H and O–H groups in total. The Bertz CT molecular complexity index is 412. The van der Waals surface area contributed by atoms with E-state index in [1.807, 2.05) is 6.07 Å². The molecule has 0 radical (unpaired) electrons. The minimum absolute atomic E-state index is 0.0353. The molecule has 0 saturated carbocycles. The van der Waals surface area contributed by atoms with E-state index in [1.165, 1.54) is 0 Å². The van der Waals surface area contributed by atoms with Crippen molar-refractivity contribution >= 4 is 11.8 Å². The predicted octanol–water partition coefficient (Wildman–Crippen LogP) is 1.43. The van der Waals surface area contributed by atoms with E-state index in [0.717, 1.165) is 45.2 Å². The van der Waals surface area contributed by atoms with Gasteiger partial charge in [-0.1, -0.05) is 0 Å². The highest BCUT2D eigenvalue weighted by atomic mass is 16.5. The second kappa shape index (κ2) is 6.85.